The molecule has 3 rings (SSSR count). The van der Waals surface area contributed by atoms with Gasteiger partial charge in [0.15, 0.2) is 0 Å². The smallest absolute Gasteiger partial charge is 0.304 e. The molecule has 0 spiro atoms. The van der Waals surface area contributed by atoms with E-state index in [1.165, 1.54) is 4.90 Å². The molecule has 0 atom stereocenters. The largest absolute Gasteiger partial charge is 0.327 e. The fraction of sp³-hybridized carbons (Fsp3) is 0.188. The predicted molar refractivity (Wildman–Crippen MR) is 86.7 cm³/mol. The van der Waals surface area contributed by atoms with Gasteiger partial charge in [-0.2, -0.15) is 5.10 Å². The van der Waals surface area contributed by atoms with Crippen LogP contribution in [-0.2, 0) is 7.05 Å². The van der Waals surface area contributed by atoms with Gasteiger partial charge in [0, 0.05) is 31.2 Å². The van der Waals surface area contributed by atoms with Crippen LogP contribution in [0.5, 0.6) is 0 Å². The lowest BCUT2D eigenvalue weighted by molar-refractivity contribution is 0.229. The first-order valence-corrected chi connectivity index (χ1v) is 6.99. The third kappa shape index (κ3) is 2.76. The lowest BCUT2D eigenvalue weighted by Gasteiger charge is -2.18. The molecule has 2 amide bonds. The van der Waals surface area contributed by atoms with Gasteiger partial charge in [-0.25, -0.2) is 4.79 Å². The van der Waals surface area contributed by atoms with E-state index in [0.29, 0.717) is 12.4 Å². The Bertz CT molecular complexity index is 760. The predicted octanol–water partition coefficient (Wildman–Crippen LogP) is 2.79. The molecule has 1 aliphatic heterocycles. The molecule has 22 heavy (non-hydrogen) atoms. The van der Waals surface area contributed by atoms with Crippen LogP contribution in [0, 0.1) is 6.92 Å². The van der Waals surface area contributed by atoms with Gasteiger partial charge in [0.25, 0.3) is 0 Å². The Morgan fingerprint density at radius 1 is 1.32 bits per heavy atom. The minimum absolute atomic E-state index is 0.226. The lowest BCUT2D eigenvalue weighted by Crippen LogP contribution is -2.31. The van der Waals surface area contributed by atoms with Crippen LogP contribution >= 0.6 is 0 Å². The Kier molecular flexibility index (Phi) is 3.74. The van der Waals surface area contributed by atoms with Crippen LogP contribution in [0.1, 0.15) is 5.56 Å². The van der Waals surface area contributed by atoms with Crippen LogP contribution in [0.25, 0.3) is 11.3 Å². The summed E-state index contributed by atoms with van der Waals surface area (Å²) >= 11 is 0. The van der Waals surface area contributed by atoms with Crippen molar-refractivity contribution in [1.29, 1.82) is 0 Å². The number of hydrogen-bond donors (Lipinski definition) is 1. The number of hydrogen-bond acceptors (Lipinski definition) is 3. The second kappa shape index (κ2) is 5.85. The standard InChI is InChI=1S/C16H17N5O/c1-12-6-3-4-7-13(12)15-14(10-20(2)19-15)18-16(22)21-9-5-8-17-11-21/h3-10H,11H2,1-2H3,(H,18,22). The van der Waals surface area contributed by atoms with Crippen LogP contribution in [0.3, 0.4) is 0 Å². The molecular formula is C16H17N5O. The lowest BCUT2D eigenvalue weighted by atomic mass is 10.1. The first-order chi connectivity index (χ1) is 10.6. The maximum absolute atomic E-state index is 12.3. The zero-order chi connectivity index (χ0) is 15.5. The highest BCUT2D eigenvalue weighted by atomic mass is 16.2. The first kappa shape index (κ1) is 14.1. The van der Waals surface area contributed by atoms with Crippen molar-refractivity contribution >= 4 is 17.9 Å². The second-order valence-electron chi connectivity index (χ2n) is 5.09. The SMILES string of the molecule is Cc1ccccc1-c1nn(C)cc1NC(=O)N1C=CC=NC1. The molecule has 0 radical (unpaired) electrons. The number of rotatable bonds is 2. The minimum Gasteiger partial charge on any atom is -0.304 e. The maximum atomic E-state index is 12.3. The van der Waals surface area contributed by atoms with Gasteiger partial charge >= 0.3 is 6.03 Å². The number of nitrogens with zero attached hydrogens (tertiary/aromatic N) is 4. The van der Waals surface area contributed by atoms with E-state index in [2.05, 4.69) is 15.4 Å². The number of carbonyl (C=O) groups excluding carboxylic acids is 1. The summed E-state index contributed by atoms with van der Waals surface area (Å²) in [4.78, 5) is 17.9. The molecule has 0 unspecified atom stereocenters. The van der Waals surface area contributed by atoms with E-state index in [1.807, 2.05) is 38.2 Å². The number of aliphatic imine (C=N–C) groups is 1. The molecule has 6 nitrogen and oxygen atoms in total. The number of aromatic nitrogens is 2. The molecule has 1 aromatic heterocycles. The van der Waals surface area contributed by atoms with Crippen LogP contribution < -0.4 is 5.32 Å². The molecule has 0 aliphatic carbocycles. The molecular weight excluding hydrogens is 278 g/mol. The molecule has 6 heteroatoms. The van der Waals surface area contributed by atoms with Crippen LogP contribution in [0.4, 0.5) is 10.5 Å². The fourth-order valence-corrected chi connectivity index (χ4v) is 2.32. The minimum atomic E-state index is -0.226. The van der Waals surface area contributed by atoms with Crippen molar-refractivity contribution in [1.82, 2.24) is 14.7 Å². The van der Waals surface area contributed by atoms with E-state index in [0.717, 1.165) is 16.8 Å². The summed E-state index contributed by atoms with van der Waals surface area (Å²) in [6.45, 7) is 2.35. The van der Waals surface area contributed by atoms with Gasteiger partial charge in [-0.05, 0) is 18.6 Å². The van der Waals surface area contributed by atoms with Gasteiger partial charge < -0.3 is 5.32 Å². The molecule has 1 N–H and O–H groups in total. The zero-order valence-corrected chi connectivity index (χ0v) is 12.5. The average molecular weight is 295 g/mol. The summed E-state index contributed by atoms with van der Waals surface area (Å²) in [5.41, 5.74) is 3.56. The van der Waals surface area contributed by atoms with Crippen molar-refractivity contribution in [2.75, 3.05) is 12.0 Å². The highest BCUT2D eigenvalue weighted by molar-refractivity contribution is 5.94. The number of amides is 2. The Balaban J connectivity index is 1.89. The molecule has 1 aliphatic rings. The summed E-state index contributed by atoms with van der Waals surface area (Å²) in [6, 6.07) is 7.74. The fourth-order valence-electron chi connectivity index (χ4n) is 2.32. The normalized spacial score (nSPS) is 13.5. The number of benzene rings is 1. The quantitative estimate of drug-likeness (QED) is 0.926. The second-order valence-corrected chi connectivity index (χ2v) is 5.09. The number of anilines is 1. The third-order valence-electron chi connectivity index (χ3n) is 3.42. The summed E-state index contributed by atoms with van der Waals surface area (Å²) in [5.74, 6) is 0. The molecule has 0 saturated heterocycles. The zero-order valence-electron chi connectivity index (χ0n) is 12.5. The van der Waals surface area contributed by atoms with Crippen molar-refractivity contribution in [2.45, 2.75) is 6.92 Å². The number of carbonyl (C=O) groups is 1. The van der Waals surface area contributed by atoms with Crippen molar-refractivity contribution in [3.05, 3.63) is 48.3 Å². The molecule has 1 aromatic carbocycles. The van der Waals surface area contributed by atoms with E-state index < -0.39 is 0 Å². The van der Waals surface area contributed by atoms with Crippen molar-refractivity contribution in [3.63, 3.8) is 0 Å². The Labute approximate surface area is 128 Å². The highest BCUT2D eigenvalue weighted by Crippen LogP contribution is 2.29. The van der Waals surface area contributed by atoms with Gasteiger partial charge in [0.1, 0.15) is 12.4 Å². The van der Waals surface area contributed by atoms with Crippen molar-refractivity contribution in [3.8, 4) is 11.3 Å². The highest BCUT2D eigenvalue weighted by Gasteiger charge is 2.17. The summed E-state index contributed by atoms with van der Waals surface area (Å²) < 4.78 is 1.70. The van der Waals surface area contributed by atoms with E-state index >= 15 is 0 Å². The Morgan fingerprint density at radius 3 is 2.86 bits per heavy atom. The first-order valence-electron chi connectivity index (χ1n) is 6.99. The van der Waals surface area contributed by atoms with Crippen LogP contribution in [-0.4, -0.2) is 33.6 Å². The van der Waals surface area contributed by atoms with E-state index in [4.69, 9.17) is 0 Å². The average Bonchev–Trinajstić information content (AvgIpc) is 2.89. The van der Waals surface area contributed by atoms with Gasteiger partial charge in [-0.15, -0.1) is 0 Å². The molecule has 0 saturated carbocycles. The maximum Gasteiger partial charge on any atom is 0.327 e. The summed E-state index contributed by atoms with van der Waals surface area (Å²) in [7, 11) is 1.84. The van der Waals surface area contributed by atoms with E-state index in [9.17, 15) is 4.79 Å². The topological polar surface area (TPSA) is 62.5 Å². The van der Waals surface area contributed by atoms with Gasteiger partial charge in [0.05, 0.1) is 5.69 Å². The number of allylic oxidation sites excluding steroid dienone is 1. The van der Waals surface area contributed by atoms with Crippen molar-refractivity contribution in [2.24, 2.45) is 12.0 Å². The Hall–Kier alpha value is -2.89. The molecule has 112 valence electrons. The van der Waals surface area contributed by atoms with Crippen LogP contribution in [0.2, 0.25) is 0 Å². The molecule has 2 heterocycles. The summed E-state index contributed by atoms with van der Waals surface area (Å²) in [6.07, 6.45) is 6.91. The molecule has 0 bridgehead atoms. The van der Waals surface area contributed by atoms with Gasteiger partial charge in [-0.3, -0.25) is 14.6 Å². The van der Waals surface area contributed by atoms with E-state index in [1.54, 1.807) is 29.4 Å². The Morgan fingerprint density at radius 2 is 2.14 bits per heavy atom. The monoisotopic (exact) mass is 295 g/mol. The number of urea groups is 1. The van der Waals surface area contributed by atoms with Gasteiger partial charge in [0.2, 0.25) is 0 Å². The summed E-state index contributed by atoms with van der Waals surface area (Å²) in [5, 5.41) is 7.38. The molecule has 2 aromatic rings. The molecule has 0 fully saturated rings. The van der Waals surface area contributed by atoms with Gasteiger partial charge in [-0.1, -0.05) is 24.3 Å². The number of aryl methyl sites for hydroxylation is 2. The van der Waals surface area contributed by atoms with Crippen LogP contribution in [0.15, 0.2) is 47.7 Å². The number of nitrogens with one attached hydrogen (secondary N) is 1. The van der Waals surface area contributed by atoms with E-state index in [-0.39, 0.29) is 6.03 Å². The third-order valence-corrected chi connectivity index (χ3v) is 3.42. The van der Waals surface area contributed by atoms with Crippen molar-refractivity contribution < 1.29 is 4.79 Å².